The summed E-state index contributed by atoms with van der Waals surface area (Å²) in [6.45, 7) is 2.19. The van der Waals surface area contributed by atoms with Gasteiger partial charge in [0.25, 0.3) is 5.56 Å². The third kappa shape index (κ3) is 2.62. The summed E-state index contributed by atoms with van der Waals surface area (Å²) in [5, 5.41) is 17.6. The molecule has 0 radical (unpaired) electrons. The number of hydrogen-bond donors (Lipinski definition) is 2. The van der Waals surface area contributed by atoms with Crippen LogP contribution in [0.3, 0.4) is 0 Å². The fourth-order valence-corrected chi connectivity index (χ4v) is 1.50. The molecule has 94 valence electrons. The highest BCUT2D eigenvalue weighted by Crippen LogP contribution is 1.97. The predicted molar refractivity (Wildman–Crippen MR) is 58.9 cm³/mol. The van der Waals surface area contributed by atoms with Crippen molar-refractivity contribution in [3.63, 3.8) is 0 Å². The number of aliphatic carboxylic acids is 1. The Bertz CT molecular complexity index is 541. The van der Waals surface area contributed by atoms with Gasteiger partial charge in [0.15, 0.2) is 0 Å². The fraction of sp³-hybridized carbons (Fsp3) is 0.500. The van der Waals surface area contributed by atoms with Gasteiger partial charge in [-0.05, 0) is 13.8 Å². The number of aliphatic hydroxyl groups excluding tert-OH is 1. The van der Waals surface area contributed by atoms with Crippen molar-refractivity contribution in [1.29, 1.82) is 0 Å². The molecule has 0 aliphatic rings. The van der Waals surface area contributed by atoms with Crippen molar-refractivity contribution in [2.75, 3.05) is 0 Å². The van der Waals surface area contributed by atoms with Gasteiger partial charge in [0.2, 0.25) is 0 Å². The second-order valence-electron chi connectivity index (χ2n) is 3.89. The van der Waals surface area contributed by atoms with Crippen LogP contribution in [0.1, 0.15) is 25.5 Å². The van der Waals surface area contributed by atoms with Gasteiger partial charge in [-0.15, -0.1) is 0 Å². The SMILES string of the molecule is CC(C)n1c(=O)c(CO)cn(CC(=O)O)c1=O. The summed E-state index contributed by atoms with van der Waals surface area (Å²) in [6.07, 6.45) is 1.08. The molecular formula is C10H14N2O5. The van der Waals surface area contributed by atoms with Crippen LogP contribution in [0, 0.1) is 0 Å². The monoisotopic (exact) mass is 242 g/mol. The highest BCUT2D eigenvalue weighted by Gasteiger charge is 2.14. The van der Waals surface area contributed by atoms with Crippen molar-refractivity contribution in [3.8, 4) is 0 Å². The van der Waals surface area contributed by atoms with E-state index in [1.807, 2.05) is 0 Å². The lowest BCUT2D eigenvalue weighted by atomic mass is 10.3. The Morgan fingerprint density at radius 2 is 2.00 bits per heavy atom. The summed E-state index contributed by atoms with van der Waals surface area (Å²) in [6, 6.07) is -0.401. The number of hydrogen-bond acceptors (Lipinski definition) is 4. The molecule has 7 nitrogen and oxygen atoms in total. The Balaban J connectivity index is 3.54. The molecule has 0 saturated carbocycles. The predicted octanol–water partition coefficient (Wildman–Crippen LogP) is -0.832. The van der Waals surface area contributed by atoms with E-state index in [1.54, 1.807) is 13.8 Å². The minimum Gasteiger partial charge on any atom is -0.480 e. The van der Waals surface area contributed by atoms with Gasteiger partial charge in [0, 0.05) is 12.2 Å². The van der Waals surface area contributed by atoms with E-state index in [0.717, 1.165) is 15.3 Å². The van der Waals surface area contributed by atoms with Gasteiger partial charge in [-0.2, -0.15) is 0 Å². The summed E-state index contributed by atoms with van der Waals surface area (Å²) in [5.74, 6) is -1.19. The van der Waals surface area contributed by atoms with Crippen LogP contribution < -0.4 is 11.2 Å². The Morgan fingerprint density at radius 3 is 2.41 bits per heavy atom. The molecular weight excluding hydrogens is 228 g/mol. The van der Waals surface area contributed by atoms with Crippen LogP contribution in [0.2, 0.25) is 0 Å². The zero-order valence-electron chi connectivity index (χ0n) is 9.58. The molecule has 0 aromatic carbocycles. The summed E-state index contributed by atoms with van der Waals surface area (Å²) >= 11 is 0. The van der Waals surface area contributed by atoms with Crippen LogP contribution in [0.4, 0.5) is 0 Å². The smallest absolute Gasteiger partial charge is 0.331 e. The molecule has 0 aliphatic heterocycles. The lowest BCUT2D eigenvalue weighted by Crippen LogP contribution is -2.43. The van der Waals surface area contributed by atoms with E-state index < -0.39 is 36.4 Å². The maximum absolute atomic E-state index is 11.8. The number of carboxylic acids is 1. The summed E-state index contributed by atoms with van der Waals surface area (Å²) < 4.78 is 1.82. The van der Waals surface area contributed by atoms with Gasteiger partial charge < -0.3 is 10.2 Å². The molecule has 0 atom stereocenters. The minimum atomic E-state index is -1.19. The normalized spacial score (nSPS) is 10.8. The number of rotatable bonds is 4. The number of carbonyl (C=O) groups is 1. The molecule has 0 bridgehead atoms. The van der Waals surface area contributed by atoms with E-state index in [4.69, 9.17) is 10.2 Å². The molecule has 0 saturated heterocycles. The van der Waals surface area contributed by atoms with Gasteiger partial charge in [0.1, 0.15) is 6.54 Å². The van der Waals surface area contributed by atoms with Crippen molar-refractivity contribution in [2.45, 2.75) is 33.0 Å². The molecule has 0 spiro atoms. The zero-order chi connectivity index (χ0) is 13.2. The third-order valence-corrected chi connectivity index (χ3v) is 2.25. The Labute approximate surface area is 96.6 Å². The Hall–Kier alpha value is -1.89. The first kappa shape index (κ1) is 13.2. The molecule has 7 heteroatoms. The van der Waals surface area contributed by atoms with E-state index >= 15 is 0 Å². The molecule has 1 aromatic rings. The van der Waals surface area contributed by atoms with Crippen molar-refractivity contribution < 1.29 is 15.0 Å². The average molecular weight is 242 g/mol. The van der Waals surface area contributed by atoms with Crippen molar-refractivity contribution in [3.05, 3.63) is 32.6 Å². The standard InChI is InChI=1S/C10H14N2O5/c1-6(2)12-9(16)7(5-13)3-11(10(12)17)4-8(14)15/h3,6,13H,4-5H2,1-2H3,(H,14,15). The number of carboxylic acid groups (broad SMARTS) is 1. The van der Waals surface area contributed by atoms with Crippen LogP contribution >= 0.6 is 0 Å². The van der Waals surface area contributed by atoms with E-state index in [1.165, 1.54) is 0 Å². The first-order valence-electron chi connectivity index (χ1n) is 5.06. The van der Waals surface area contributed by atoms with Gasteiger partial charge in [-0.25, -0.2) is 4.79 Å². The van der Waals surface area contributed by atoms with Crippen LogP contribution in [-0.4, -0.2) is 25.3 Å². The molecule has 1 rings (SSSR count). The molecule has 2 N–H and O–H groups in total. The van der Waals surface area contributed by atoms with Crippen LogP contribution in [0.5, 0.6) is 0 Å². The lowest BCUT2D eigenvalue weighted by Gasteiger charge is -2.13. The summed E-state index contributed by atoms with van der Waals surface area (Å²) in [5.41, 5.74) is -1.28. The van der Waals surface area contributed by atoms with Crippen molar-refractivity contribution in [1.82, 2.24) is 9.13 Å². The van der Waals surface area contributed by atoms with Gasteiger partial charge in [-0.3, -0.25) is 18.7 Å². The minimum absolute atomic E-state index is 0.000417. The van der Waals surface area contributed by atoms with E-state index in [2.05, 4.69) is 0 Å². The molecule has 0 unspecified atom stereocenters. The zero-order valence-corrected chi connectivity index (χ0v) is 9.58. The summed E-state index contributed by atoms with van der Waals surface area (Å²) in [4.78, 5) is 34.1. The third-order valence-electron chi connectivity index (χ3n) is 2.25. The highest BCUT2D eigenvalue weighted by molar-refractivity contribution is 5.66. The van der Waals surface area contributed by atoms with Gasteiger partial charge in [-0.1, -0.05) is 0 Å². The van der Waals surface area contributed by atoms with E-state index in [9.17, 15) is 14.4 Å². The molecule has 0 aliphatic carbocycles. The van der Waals surface area contributed by atoms with Gasteiger partial charge >= 0.3 is 11.7 Å². The highest BCUT2D eigenvalue weighted by atomic mass is 16.4. The molecule has 1 aromatic heterocycles. The summed E-state index contributed by atoms with van der Waals surface area (Å²) in [7, 11) is 0. The number of nitrogens with zero attached hydrogens (tertiary/aromatic N) is 2. The molecule has 1 heterocycles. The largest absolute Gasteiger partial charge is 0.480 e. The van der Waals surface area contributed by atoms with Crippen molar-refractivity contribution >= 4 is 5.97 Å². The first-order chi connectivity index (χ1) is 7.88. The van der Waals surface area contributed by atoms with Crippen LogP contribution in [0.25, 0.3) is 0 Å². The lowest BCUT2D eigenvalue weighted by molar-refractivity contribution is -0.137. The Kier molecular flexibility index (Phi) is 3.84. The maximum Gasteiger partial charge on any atom is 0.331 e. The average Bonchev–Trinajstić information content (AvgIpc) is 2.21. The number of aromatic nitrogens is 2. The molecule has 0 amide bonds. The van der Waals surface area contributed by atoms with Crippen LogP contribution in [-0.2, 0) is 17.9 Å². The molecule has 17 heavy (non-hydrogen) atoms. The van der Waals surface area contributed by atoms with E-state index in [0.29, 0.717) is 0 Å². The second kappa shape index (κ2) is 4.96. The van der Waals surface area contributed by atoms with Crippen molar-refractivity contribution in [2.24, 2.45) is 0 Å². The van der Waals surface area contributed by atoms with E-state index in [-0.39, 0.29) is 5.56 Å². The number of aliphatic hydroxyl groups is 1. The maximum atomic E-state index is 11.8. The quantitative estimate of drug-likeness (QED) is 0.717. The first-order valence-corrected chi connectivity index (χ1v) is 5.06. The molecule has 0 fully saturated rings. The second-order valence-corrected chi connectivity index (χ2v) is 3.89. The Morgan fingerprint density at radius 1 is 1.41 bits per heavy atom. The van der Waals surface area contributed by atoms with Crippen LogP contribution in [0.15, 0.2) is 15.8 Å². The fourth-order valence-electron chi connectivity index (χ4n) is 1.50. The van der Waals surface area contributed by atoms with Gasteiger partial charge in [0.05, 0.1) is 12.2 Å². The topological polar surface area (TPSA) is 102 Å².